The number of rotatable bonds is 5. The number of carbonyl (C=O) groups excluding carboxylic acids is 1. The maximum absolute atomic E-state index is 10.9. The van der Waals surface area contributed by atoms with Crippen LogP contribution in [-0.4, -0.2) is 27.1 Å². The van der Waals surface area contributed by atoms with Crippen molar-refractivity contribution in [3.05, 3.63) is 22.2 Å². The maximum atomic E-state index is 10.9. The van der Waals surface area contributed by atoms with Crippen LogP contribution >= 0.6 is 11.6 Å². The molecule has 94 valence electrons. The van der Waals surface area contributed by atoms with Gasteiger partial charge in [-0.05, 0) is 18.5 Å². The molecule has 0 heterocycles. The van der Waals surface area contributed by atoms with Crippen molar-refractivity contribution < 1.29 is 14.3 Å². The molecule has 0 aliphatic carbocycles. The summed E-state index contributed by atoms with van der Waals surface area (Å²) in [6.07, 6.45) is 0.685. The predicted molar refractivity (Wildman–Crippen MR) is 67.4 cm³/mol. The number of hydrogen-bond donors (Lipinski definition) is 1. The van der Waals surface area contributed by atoms with E-state index in [4.69, 9.17) is 26.8 Å². The summed E-state index contributed by atoms with van der Waals surface area (Å²) >= 11 is 6.14. The molecule has 0 saturated heterocycles. The molecule has 1 unspecified atom stereocenters. The first-order chi connectivity index (χ1) is 8.10. The summed E-state index contributed by atoms with van der Waals surface area (Å²) in [6.45, 7) is 2.36. The topological polar surface area (TPSA) is 61.5 Å². The van der Waals surface area contributed by atoms with Gasteiger partial charge in [0.25, 0.3) is 0 Å². The van der Waals surface area contributed by atoms with Crippen molar-refractivity contribution in [2.75, 3.05) is 20.8 Å². The van der Waals surface area contributed by atoms with E-state index in [-0.39, 0.29) is 5.92 Å². The van der Waals surface area contributed by atoms with Crippen LogP contribution in [0.2, 0.25) is 5.02 Å². The number of methoxy groups -OCH3 is 2. The van der Waals surface area contributed by atoms with E-state index in [1.165, 1.54) is 14.2 Å². The molecular formula is C12H16ClNO3. The highest BCUT2D eigenvalue weighted by molar-refractivity contribution is 6.32. The highest BCUT2D eigenvalue weighted by atomic mass is 35.5. The third-order valence-corrected chi connectivity index (χ3v) is 2.95. The van der Waals surface area contributed by atoms with Gasteiger partial charge >= 0.3 is 0 Å². The van der Waals surface area contributed by atoms with Crippen molar-refractivity contribution in [1.82, 2.24) is 0 Å². The number of hydrogen-bond acceptors (Lipinski definition) is 4. The number of benzene rings is 1. The van der Waals surface area contributed by atoms with E-state index < -0.39 is 0 Å². The molecule has 0 bridgehead atoms. The minimum atomic E-state index is 0.0204. The van der Waals surface area contributed by atoms with E-state index in [1.54, 1.807) is 6.07 Å². The molecule has 4 nitrogen and oxygen atoms in total. The summed E-state index contributed by atoms with van der Waals surface area (Å²) in [5, 5.41) is 0.461. The molecule has 5 heteroatoms. The summed E-state index contributed by atoms with van der Waals surface area (Å²) in [7, 11) is 2.99. The Morgan fingerprint density at radius 2 is 2.00 bits per heavy atom. The fourth-order valence-corrected chi connectivity index (χ4v) is 2.11. The molecule has 1 atom stereocenters. The van der Waals surface area contributed by atoms with Crippen molar-refractivity contribution in [2.45, 2.75) is 12.8 Å². The van der Waals surface area contributed by atoms with Crippen LogP contribution in [-0.2, 0) is 0 Å². The molecule has 0 aliphatic heterocycles. The second kappa shape index (κ2) is 5.89. The minimum absolute atomic E-state index is 0.0204. The number of nitrogens with two attached hydrogens (primary N) is 1. The van der Waals surface area contributed by atoms with Crippen LogP contribution in [0.4, 0.5) is 0 Å². The first-order valence-electron chi connectivity index (χ1n) is 5.20. The van der Waals surface area contributed by atoms with Crippen molar-refractivity contribution in [2.24, 2.45) is 5.73 Å². The van der Waals surface area contributed by atoms with E-state index in [1.807, 2.05) is 6.92 Å². The second-order valence-electron chi connectivity index (χ2n) is 3.68. The standard InChI is InChI=1S/C12H16ClNO3/c1-7(5-14)10-9(13)4-8(6-15)11(16-2)12(10)17-3/h4,6-7H,5,14H2,1-3H3. The monoisotopic (exact) mass is 257 g/mol. The number of aldehydes is 1. The van der Waals surface area contributed by atoms with Gasteiger partial charge in [0.1, 0.15) is 0 Å². The van der Waals surface area contributed by atoms with Crippen LogP contribution in [0.25, 0.3) is 0 Å². The van der Waals surface area contributed by atoms with E-state index in [9.17, 15) is 4.79 Å². The van der Waals surface area contributed by atoms with Gasteiger partial charge in [0.05, 0.1) is 19.8 Å². The van der Waals surface area contributed by atoms with Crippen LogP contribution < -0.4 is 15.2 Å². The Morgan fingerprint density at radius 1 is 1.41 bits per heavy atom. The largest absolute Gasteiger partial charge is 0.492 e. The Bertz CT molecular complexity index is 421. The zero-order valence-corrected chi connectivity index (χ0v) is 10.9. The Hall–Kier alpha value is -1.26. The fraction of sp³-hybridized carbons (Fsp3) is 0.417. The molecule has 1 aromatic rings. The molecule has 0 saturated carbocycles. The van der Waals surface area contributed by atoms with Crippen LogP contribution in [0.15, 0.2) is 6.07 Å². The van der Waals surface area contributed by atoms with Crippen molar-refractivity contribution in [1.29, 1.82) is 0 Å². The fourth-order valence-electron chi connectivity index (χ4n) is 1.72. The second-order valence-corrected chi connectivity index (χ2v) is 4.09. The lowest BCUT2D eigenvalue weighted by Gasteiger charge is -2.19. The average molecular weight is 258 g/mol. The van der Waals surface area contributed by atoms with E-state index in [2.05, 4.69) is 0 Å². The van der Waals surface area contributed by atoms with Gasteiger partial charge in [0.15, 0.2) is 17.8 Å². The molecule has 0 amide bonds. The van der Waals surface area contributed by atoms with Crippen LogP contribution in [0.5, 0.6) is 11.5 Å². The minimum Gasteiger partial charge on any atom is -0.492 e. The normalized spacial score (nSPS) is 12.1. The lowest BCUT2D eigenvalue weighted by atomic mass is 9.97. The van der Waals surface area contributed by atoms with Gasteiger partial charge in [-0.3, -0.25) is 4.79 Å². The third-order valence-electron chi connectivity index (χ3n) is 2.63. The lowest BCUT2D eigenvalue weighted by Crippen LogP contribution is -2.12. The molecule has 0 aliphatic rings. The summed E-state index contributed by atoms with van der Waals surface area (Å²) in [5.74, 6) is 0.884. The number of halogens is 1. The number of carbonyl (C=O) groups is 1. The zero-order valence-electron chi connectivity index (χ0n) is 10.1. The third kappa shape index (κ3) is 2.53. The van der Waals surface area contributed by atoms with Crippen LogP contribution in [0.1, 0.15) is 28.8 Å². The molecule has 2 N–H and O–H groups in total. The SMILES string of the molecule is COc1c(C=O)cc(Cl)c(C(C)CN)c1OC. The van der Waals surface area contributed by atoms with E-state index >= 15 is 0 Å². The van der Waals surface area contributed by atoms with Gasteiger partial charge in [0.2, 0.25) is 0 Å². The molecule has 17 heavy (non-hydrogen) atoms. The Balaban J connectivity index is 3.54. The summed E-state index contributed by atoms with van der Waals surface area (Å²) in [4.78, 5) is 10.9. The Morgan fingerprint density at radius 3 is 2.41 bits per heavy atom. The first-order valence-corrected chi connectivity index (χ1v) is 5.58. The van der Waals surface area contributed by atoms with Gasteiger partial charge < -0.3 is 15.2 Å². The smallest absolute Gasteiger partial charge is 0.171 e. The lowest BCUT2D eigenvalue weighted by molar-refractivity contribution is 0.112. The van der Waals surface area contributed by atoms with Crippen LogP contribution in [0.3, 0.4) is 0 Å². The summed E-state index contributed by atoms with van der Waals surface area (Å²) in [6, 6.07) is 1.57. The van der Waals surface area contributed by atoms with Gasteiger partial charge in [-0.15, -0.1) is 0 Å². The molecule has 0 aromatic heterocycles. The summed E-state index contributed by atoms with van der Waals surface area (Å²) in [5.41, 5.74) is 6.76. The molecule has 1 rings (SSSR count). The van der Waals surface area contributed by atoms with Gasteiger partial charge in [-0.1, -0.05) is 18.5 Å². The van der Waals surface area contributed by atoms with Gasteiger partial charge in [0, 0.05) is 10.6 Å². The first kappa shape index (κ1) is 13.8. The molecule has 0 spiro atoms. The van der Waals surface area contributed by atoms with Crippen molar-refractivity contribution in [3.63, 3.8) is 0 Å². The molecule has 0 fully saturated rings. The van der Waals surface area contributed by atoms with Gasteiger partial charge in [-0.2, -0.15) is 0 Å². The predicted octanol–water partition coefficient (Wildman–Crippen LogP) is 2.23. The molecule has 1 aromatic carbocycles. The number of ether oxygens (including phenoxy) is 2. The molecule has 0 radical (unpaired) electrons. The molecular weight excluding hydrogens is 242 g/mol. The Kier molecular flexibility index (Phi) is 4.78. The summed E-state index contributed by atoms with van der Waals surface area (Å²) < 4.78 is 10.5. The average Bonchev–Trinajstić information content (AvgIpc) is 2.36. The highest BCUT2D eigenvalue weighted by Crippen LogP contribution is 2.42. The van der Waals surface area contributed by atoms with Gasteiger partial charge in [-0.25, -0.2) is 0 Å². The zero-order chi connectivity index (χ0) is 13.0. The Labute approximate surface area is 106 Å². The highest BCUT2D eigenvalue weighted by Gasteiger charge is 2.22. The maximum Gasteiger partial charge on any atom is 0.171 e. The van der Waals surface area contributed by atoms with E-state index in [0.29, 0.717) is 34.9 Å². The quantitative estimate of drug-likeness (QED) is 0.822. The van der Waals surface area contributed by atoms with Crippen molar-refractivity contribution in [3.8, 4) is 11.5 Å². The van der Waals surface area contributed by atoms with Crippen molar-refractivity contribution >= 4 is 17.9 Å². The van der Waals surface area contributed by atoms with Crippen LogP contribution in [0, 0.1) is 0 Å². The van der Waals surface area contributed by atoms with E-state index in [0.717, 1.165) is 5.56 Å².